The first-order chi connectivity index (χ1) is 13.4. The zero-order chi connectivity index (χ0) is 20.3. The Morgan fingerprint density at radius 2 is 2.21 bits per heavy atom. The minimum atomic E-state index is -0.393. The van der Waals surface area contributed by atoms with E-state index in [1.165, 1.54) is 11.8 Å². The zero-order valence-corrected chi connectivity index (χ0v) is 18.1. The van der Waals surface area contributed by atoms with Crippen LogP contribution in [0.4, 0.5) is 5.69 Å². The van der Waals surface area contributed by atoms with Gasteiger partial charge in [-0.05, 0) is 61.4 Å². The predicted molar refractivity (Wildman–Crippen MR) is 115 cm³/mol. The van der Waals surface area contributed by atoms with Crippen LogP contribution < -0.4 is 5.32 Å². The van der Waals surface area contributed by atoms with Crippen LogP contribution in [0.3, 0.4) is 0 Å². The molecule has 28 heavy (non-hydrogen) atoms. The molecule has 1 aliphatic carbocycles. The van der Waals surface area contributed by atoms with Crippen molar-refractivity contribution in [1.29, 1.82) is 5.26 Å². The van der Waals surface area contributed by atoms with Crippen molar-refractivity contribution in [3.63, 3.8) is 0 Å². The highest BCUT2D eigenvalue weighted by Gasteiger charge is 2.24. The van der Waals surface area contributed by atoms with Crippen molar-refractivity contribution in [3.8, 4) is 6.07 Å². The summed E-state index contributed by atoms with van der Waals surface area (Å²) in [5.41, 5.74) is 3.21. The van der Waals surface area contributed by atoms with Gasteiger partial charge in [-0.2, -0.15) is 5.26 Å². The van der Waals surface area contributed by atoms with Crippen LogP contribution in [-0.4, -0.2) is 16.1 Å². The molecule has 0 radical (unpaired) electrons. The van der Waals surface area contributed by atoms with E-state index in [0.717, 1.165) is 30.5 Å². The molecular weight excluding hydrogens is 413 g/mol. The molecule has 1 aliphatic rings. The van der Waals surface area contributed by atoms with Gasteiger partial charge in [0.25, 0.3) is 0 Å². The standard InChI is InChI=1S/C21H21Cl2N3OS/c1-3-19(20(27)25-18-10-15(22)5-6-16(18)23)28-21-14(11-24)9-13-8-12(2)4-7-17(13)26-21/h5-6,9-10,12,19H,3-4,7-8H2,1-2H3,(H,25,27). The number of thioether (sulfide) groups is 1. The molecule has 1 aromatic heterocycles. The first kappa shape index (κ1) is 21.0. The number of carbonyl (C=O) groups is 1. The van der Waals surface area contributed by atoms with E-state index in [4.69, 9.17) is 28.2 Å². The highest BCUT2D eigenvalue weighted by Crippen LogP contribution is 2.33. The molecule has 0 saturated heterocycles. The molecule has 0 aliphatic heterocycles. The summed E-state index contributed by atoms with van der Waals surface area (Å²) in [6, 6.07) is 9.12. The second kappa shape index (κ2) is 9.17. The molecule has 0 bridgehead atoms. The van der Waals surface area contributed by atoms with Crippen LogP contribution in [0.25, 0.3) is 0 Å². The van der Waals surface area contributed by atoms with Crippen LogP contribution in [0.1, 0.15) is 43.5 Å². The number of aryl methyl sites for hydroxylation is 1. The number of anilines is 1. The van der Waals surface area contributed by atoms with Gasteiger partial charge < -0.3 is 5.32 Å². The van der Waals surface area contributed by atoms with Crippen molar-refractivity contribution in [2.45, 2.75) is 49.8 Å². The number of hydrogen-bond acceptors (Lipinski definition) is 4. The molecule has 0 spiro atoms. The van der Waals surface area contributed by atoms with Crippen molar-refractivity contribution in [1.82, 2.24) is 4.98 Å². The highest BCUT2D eigenvalue weighted by molar-refractivity contribution is 8.00. The minimum absolute atomic E-state index is 0.186. The van der Waals surface area contributed by atoms with Crippen LogP contribution in [0.15, 0.2) is 29.3 Å². The normalized spacial score (nSPS) is 16.8. The topological polar surface area (TPSA) is 65.8 Å². The summed E-state index contributed by atoms with van der Waals surface area (Å²) in [6.07, 6.45) is 3.56. The van der Waals surface area contributed by atoms with Gasteiger partial charge in [0.1, 0.15) is 11.1 Å². The molecule has 2 atom stereocenters. The van der Waals surface area contributed by atoms with Crippen LogP contribution in [0.2, 0.25) is 10.0 Å². The van der Waals surface area contributed by atoms with Crippen molar-refractivity contribution in [3.05, 3.63) is 51.1 Å². The van der Waals surface area contributed by atoms with Gasteiger partial charge in [0, 0.05) is 10.7 Å². The number of pyridine rings is 1. The average molecular weight is 434 g/mol. The molecule has 4 nitrogen and oxygen atoms in total. The SMILES string of the molecule is CCC(Sc1nc2c(cc1C#N)CC(C)CC2)C(=O)Nc1cc(Cl)ccc1Cl. The monoisotopic (exact) mass is 433 g/mol. The Kier molecular flexibility index (Phi) is 6.87. The predicted octanol–water partition coefficient (Wildman–Crippen LogP) is 5.89. The van der Waals surface area contributed by atoms with E-state index < -0.39 is 5.25 Å². The molecule has 2 aromatic rings. The Morgan fingerprint density at radius 1 is 1.43 bits per heavy atom. The Hall–Kier alpha value is -1.74. The number of rotatable bonds is 5. The number of halogens is 2. The lowest BCUT2D eigenvalue weighted by Crippen LogP contribution is -2.25. The lowest BCUT2D eigenvalue weighted by molar-refractivity contribution is -0.115. The number of aromatic nitrogens is 1. The molecule has 1 amide bonds. The maximum Gasteiger partial charge on any atom is 0.237 e. The number of benzene rings is 1. The lowest BCUT2D eigenvalue weighted by atomic mass is 9.87. The smallest absolute Gasteiger partial charge is 0.237 e. The molecular formula is C21H21Cl2N3OS. The third-order valence-corrected chi connectivity index (χ3v) is 6.75. The zero-order valence-electron chi connectivity index (χ0n) is 15.8. The number of hydrogen-bond donors (Lipinski definition) is 1. The van der Waals surface area contributed by atoms with Crippen molar-refractivity contribution >= 4 is 46.6 Å². The van der Waals surface area contributed by atoms with E-state index in [1.54, 1.807) is 18.2 Å². The summed E-state index contributed by atoms with van der Waals surface area (Å²) < 4.78 is 0. The number of nitriles is 1. The van der Waals surface area contributed by atoms with Crippen LogP contribution in [-0.2, 0) is 17.6 Å². The van der Waals surface area contributed by atoms with E-state index in [9.17, 15) is 10.1 Å². The quantitative estimate of drug-likeness (QED) is 0.596. The Morgan fingerprint density at radius 3 is 2.93 bits per heavy atom. The highest BCUT2D eigenvalue weighted by atomic mass is 35.5. The molecule has 0 saturated carbocycles. The van der Waals surface area contributed by atoms with Crippen molar-refractivity contribution in [2.75, 3.05) is 5.32 Å². The second-order valence-electron chi connectivity index (χ2n) is 7.03. The fourth-order valence-electron chi connectivity index (χ4n) is 3.26. The summed E-state index contributed by atoms with van der Waals surface area (Å²) in [6.45, 7) is 4.15. The molecule has 7 heteroatoms. The Labute approximate surface area is 179 Å². The van der Waals surface area contributed by atoms with E-state index in [0.29, 0.717) is 38.7 Å². The van der Waals surface area contributed by atoms with Gasteiger partial charge in [-0.25, -0.2) is 4.98 Å². The van der Waals surface area contributed by atoms with Gasteiger partial charge in [0.15, 0.2) is 0 Å². The largest absolute Gasteiger partial charge is 0.324 e. The first-order valence-electron chi connectivity index (χ1n) is 9.26. The maximum atomic E-state index is 12.8. The molecule has 3 rings (SSSR count). The van der Waals surface area contributed by atoms with E-state index >= 15 is 0 Å². The molecule has 146 valence electrons. The third-order valence-electron chi connectivity index (χ3n) is 4.82. The number of fused-ring (bicyclic) bond motifs is 1. The van der Waals surface area contributed by atoms with Gasteiger partial charge >= 0.3 is 0 Å². The summed E-state index contributed by atoms with van der Waals surface area (Å²) in [5.74, 6) is 0.421. The van der Waals surface area contributed by atoms with E-state index in [2.05, 4.69) is 18.3 Å². The maximum absolute atomic E-state index is 12.8. The van der Waals surface area contributed by atoms with E-state index in [-0.39, 0.29) is 5.91 Å². The van der Waals surface area contributed by atoms with Gasteiger partial charge in [0.05, 0.1) is 21.5 Å². The number of amides is 1. The van der Waals surface area contributed by atoms with Gasteiger partial charge in [0.2, 0.25) is 5.91 Å². The van der Waals surface area contributed by atoms with Crippen LogP contribution >= 0.6 is 35.0 Å². The average Bonchev–Trinajstić information content (AvgIpc) is 2.68. The third kappa shape index (κ3) is 4.81. The molecule has 1 heterocycles. The fourth-order valence-corrected chi connectivity index (χ4v) is 4.59. The van der Waals surface area contributed by atoms with Gasteiger partial charge in [-0.1, -0.05) is 48.8 Å². The van der Waals surface area contributed by atoms with Crippen LogP contribution in [0.5, 0.6) is 0 Å². The van der Waals surface area contributed by atoms with E-state index in [1.807, 2.05) is 13.0 Å². The van der Waals surface area contributed by atoms with Gasteiger partial charge in [-0.15, -0.1) is 0 Å². The second-order valence-corrected chi connectivity index (χ2v) is 9.07. The van der Waals surface area contributed by atoms with Gasteiger partial charge in [-0.3, -0.25) is 4.79 Å². The van der Waals surface area contributed by atoms with Crippen molar-refractivity contribution < 1.29 is 4.79 Å². The molecule has 0 fully saturated rings. The first-order valence-corrected chi connectivity index (χ1v) is 10.9. The van der Waals surface area contributed by atoms with Crippen LogP contribution in [0, 0.1) is 17.2 Å². The number of carbonyl (C=O) groups excluding carboxylic acids is 1. The molecule has 1 N–H and O–H groups in total. The molecule has 1 aromatic carbocycles. The Bertz CT molecular complexity index is 942. The number of nitrogens with zero attached hydrogens (tertiary/aromatic N) is 2. The molecule has 2 unspecified atom stereocenters. The fraction of sp³-hybridized carbons (Fsp3) is 0.381. The summed E-state index contributed by atoms with van der Waals surface area (Å²) >= 11 is 13.5. The minimum Gasteiger partial charge on any atom is -0.324 e. The summed E-state index contributed by atoms with van der Waals surface area (Å²) in [7, 11) is 0. The van der Waals surface area contributed by atoms with Crippen molar-refractivity contribution in [2.24, 2.45) is 5.92 Å². The summed E-state index contributed by atoms with van der Waals surface area (Å²) in [4.78, 5) is 17.5. The number of nitrogens with one attached hydrogen (secondary N) is 1. The lowest BCUT2D eigenvalue weighted by Gasteiger charge is -2.22. The Balaban J connectivity index is 1.81. The summed E-state index contributed by atoms with van der Waals surface area (Å²) in [5, 5.41) is 13.6.